The molecule has 4 nitrogen and oxygen atoms in total. The van der Waals surface area contributed by atoms with E-state index in [1.165, 1.54) is 29.3 Å². The third-order valence-electron chi connectivity index (χ3n) is 11.0. The minimum atomic E-state index is -0.644. The summed E-state index contributed by atoms with van der Waals surface area (Å²) in [7, 11) is 0. The van der Waals surface area contributed by atoms with E-state index in [1.807, 2.05) is 72.8 Å². The Kier molecular flexibility index (Phi) is 8.95. The molecule has 0 aliphatic carbocycles. The van der Waals surface area contributed by atoms with Crippen molar-refractivity contribution in [1.29, 1.82) is 0 Å². The first-order chi connectivity index (χ1) is 28.9. The van der Waals surface area contributed by atoms with Crippen LogP contribution in [0.25, 0.3) is 95.0 Å². The molecule has 0 aliphatic rings. The Morgan fingerprint density at radius 3 is 1.31 bits per heavy atom. The Morgan fingerprint density at radius 2 is 0.814 bits per heavy atom. The zero-order valence-electron chi connectivity index (χ0n) is 32.4. The van der Waals surface area contributed by atoms with Gasteiger partial charge < -0.3 is 4.57 Å². The first kappa shape index (κ1) is 35.8. The molecule has 0 radical (unpaired) electrons. The second-order valence-corrected chi connectivity index (χ2v) is 14.9. The average molecular weight is 767 g/mol. The van der Waals surface area contributed by atoms with Crippen LogP contribution in [0.15, 0.2) is 182 Å². The Balaban J connectivity index is 1.29. The van der Waals surface area contributed by atoms with Crippen molar-refractivity contribution in [3.8, 4) is 73.2 Å². The molecule has 0 saturated heterocycles. The molecule has 0 spiro atoms. The number of fused-ring (bicyclic) bond motifs is 3. The van der Waals surface area contributed by atoms with Crippen molar-refractivity contribution in [3.63, 3.8) is 0 Å². The fourth-order valence-corrected chi connectivity index (χ4v) is 7.90. The van der Waals surface area contributed by atoms with Gasteiger partial charge in [-0.1, -0.05) is 145 Å². The van der Waals surface area contributed by atoms with Gasteiger partial charge in [-0.3, -0.25) is 0 Å². The van der Waals surface area contributed by atoms with E-state index < -0.39 is 11.6 Å². The highest BCUT2D eigenvalue weighted by Crippen LogP contribution is 2.41. The van der Waals surface area contributed by atoms with Gasteiger partial charge in [-0.2, -0.15) is 0 Å². The van der Waals surface area contributed by atoms with Crippen LogP contribution in [0.3, 0.4) is 0 Å². The molecule has 59 heavy (non-hydrogen) atoms. The Morgan fingerprint density at radius 1 is 0.373 bits per heavy atom. The van der Waals surface area contributed by atoms with E-state index in [0.717, 1.165) is 55.2 Å². The summed E-state index contributed by atoms with van der Waals surface area (Å²) in [6, 6.07) is 59.2. The van der Waals surface area contributed by atoms with Crippen LogP contribution in [-0.4, -0.2) is 19.5 Å². The second kappa shape index (κ2) is 14.7. The predicted octanol–water partition coefficient (Wildman–Crippen LogP) is 13.9. The highest BCUT2D eigenvalue weighted by Gasteiger charge is 2.22. The first-order valence-corrected chi connectivity index (χ1v) is 19.6. The fraction of sp³-hybridized carbons (Fsp3) is 0.0377. The summed E-state index contributed by atoms with van der Waals surface area (Å²) in [5.41, 5.74) is 11.9. The lowest BCUT2D eigenvalue weighted by molar-refractivity contribution is 0.589. The molecule has 0 bridgehead atoms. The third-order valence-corrected chi connectivity index (χ3v) is 11.0. The lowest BCUT2D eigenvalue weighted by Gasteiger charge is -2.17. The van der Waals surface area contributed by atoms with Crippen LogP contribution in [0.4, 0.5) is 8.78 Å². The minimum absolute atomic E-state index is 0.102. The van der Waals surface area contributed by atoms with Gasteiger partial charge in [0.15, 0.2) is 17.5 Å². The summed E-state index contributed by atoms with van der Waals surface area (Å²) in [5, 5.41) is 2.07. The molecule has 6 heteroatoms. The van der Waals surface area contributed by atoms with E-state index >= 15 is 8.78 Å². The summed E-state index contributed by atoms with van der Waals surface area (Å²) in [5.74, 6) is 0.161. The molecule has 0 N–H and O–H groups in total. The topological polar surface area (TPSA) is 43.6 Å². The van der Waals surface area contributed by atoms with Crippen molar-refractivity contribution in [1.82, 2.24) is 19.5 Å². The van der Waals surface area contributed by atoms with Crippen molar-refractivity contribution in [2.45, 2.75) is 13.8 Å². The van der Waals surface area contributed by atoms with Gasteiger partial charge in [0.1, 0.15) is 11.6 Å². The number of hydrogen-bond acceptors (Lipinski definition) is 3. The Bertz CT molecular complexity index is 2990. The molecule has 0 saturated carbocycles. The molecule has 2 heterocycles. The van der Waals surface area contributed by atoms with Crippen molar-refractivity contribution in [2.24, 2.45) is 0 Å². The molecule has 8 aromatic carbocycles. The number of nitrogens with zero attached hydrogens (tertiary/aromatic N) is 4. The summed E-state index contributed by atoms with van der Waals surface area (Å²) in [6.07, 6.45) is 0. The molecule has 0 aliphatic heterocycles. The number of aromatic nitrogens is 4. The van der Waals surface area contributed by atoms with E-state index in [1.54, 1.807) is 6.07 Å². The van der Waals surface area contributed by atoms with Gasteiger partial charge in [-0.05, 0) is 90.2 Å². The largest absolute Gasteiger partial charge is 0.308 e. The van der Waals surface area contributed by atoms with E-state index in [2.05, 4.69) is 103 Å². The van der Waals surface area contributed by atoms with Crippen molar-refractivity contribution in [3.05, 3.63) is 205 Å². The third kappa shape index (κ3) is 6.64. The maximum atomic E-state index is 15.6. The van der Waals surface area contributed by atoms with E-state index in [9.17, 15) is 0 Å². The van der Waals surface area contributed by atoms with Crippen LogP contribution < -0.4 is 0 Å². The van der Waals surface area contributed by atoms with Gasteiger partial charge in [-0.25, -0.2) is 23.7 Å². The second-order valence-electron chi connectivity index (χ2n) is 14.9. The van der Waals surface area contributed by atoms with Crippen LogP contribution in [0, 0.1) is 25.5 Å². The standard InChI is InChI=1S/C53H36F2N4/c1-33-16-20-35(21-17-33)39-25-28-47-43(30-39)44-31-40(36-22-18-34(2)19-23-36)26-29-48(44)59(47)49-32-41(50-45(54)14-9-15-46(50)55)24-27-42(49)53-57-51(37-10-5-3-6-11-37)56-52(58-53)38-12-7-4-8-13-38/h3-32H,1-2H3. The summed E-state index contributed by atoms with van der Waals surface area (Å²) in [6.45, 7) is 4.18. The smallest absolute Gasteiger partial charge is 0.166 e. The highest BCUT2D eigenvalue weighted by molar-refractivity contribution is 6.12. The molecule has 10 aromatic rings. The van der Waals surface area contributed by atoms with Crippen LogP contribution >= 0.6 is 0 Å². The van der Waals surface area contributed by atoms with Crippen LogP contribution in [0.1, 0.15) is 11.1 Å². The van der Waals surface area contributed by atoms with Gasteiger partial charge >= 0.3 is 0 Å². The molecule has 10 rings (SSSR count). The number of rotatable bonds is 7. The Hall–Kier alpha value is -7.57. The van der Waals surface area contributed by atoms with Crippen LogP contribution in [0.2, 0.25) is 0 Å². The normalized spacial score (nSPS) is 11.4. The first-order valence-electron chi connectivity index (χ1n) is 19.6. The summed E-state index contributed by atoms with van der Waals surface area (Å²) in [4.78, 5) is 15.2. The fourth-order valence-electron chi connectivity index (χ4n) is 7.90. The van der Waals surface area contributed by atoms with Crippen LogP contribution in [-0.2, 0) is 0 Å². The van der Waals surface area contributed by atoms with E-state index in [4.69, 9.17) is 15.0 Å². The van der Waals surface area contributed by atoms with Gasteiger partial charge in [0, 0.05) is 27.5 Å². The molecular weight excluding hydrogens is 731 g/mol. The monoisotopic (exact) mass is 766 g/mol. The average Bonchev–Trinajstić information content (AvgIpc) is 3.60. The highest BCUT2D eigenvalue weighted by atomic mass is 19.1. The zero-order chi connectivity index (χ0) is 40.0. The SMILES string of the molecule is Cc1ccc(-c2ccc3c(c2)c2cc(-c4ccc(C)cc4)ccc2n3-c2cc(-c3c(F)cccc3F)ccc2-c2nc(-c3ccccc3)nc(-c3ccccc3)n2)cc1. The van der Waals surface area contributed by atoms with Crippen LogP contribution in [0.5, 0.6) is 0 Å². The molecule has 0 fully saturated rings. The lowest BCUT2D eigenvalue weighted by atomic mass is 9.99. The molecule has 282 valence electrons. The molecule has 0 atom stereocenters. The number of aryl methyl sites for hydroxylation is 2. The van der Waals surface area contributed by atoms with Gasteiger partial charge in [0.25, 0.3) is 0 Å². The summed E-state index contributed by atoms with van der Waals surface area (Å²) >= 11 is 0. The molecule has 0 unspecified atom stereocenters. The maximum Gasteiger partial charge on any atom is 0.166 e. The molecular formula is C53H36F2N4. The molecule has 2 aromatic heterocycles. The lowest BCUT2D eigenvalue weighted by Crippen LogP contribution is -2.04. The summed E-state index contributed by atoms with van der Waals surface area (Å²) < 4.78 is 33.4. The van der Waals surface area contributed by atoms with E-state index in [0.29, 0.717) is 34.3 Å². The molecule has 0 amide bonds. The number of hydrogen-bond donors (Lipinski definition) is 0. The number of benzene rings is 8. The number of halogens is 2. The van der Waals surface area contributed by atoms with Crippen molar-refractivity contribution >= 4 is 21.8 Å². The zero-order valence-corrected chi connectivity index (χ0v) is 32.4. The van der Waals surface area contributed by atoms with Crippen molar-refractivity contribution < 1.29 is 8.78 Å². The van der Waals surface area contributed by atoms with Gasteiger partial charge in [0.2, 0.25) is 0 Å². The van der Waals surface area contributed by atoms with Gasteiger partial charge in [0.05, 0.1) is 22.3 Å². The quantitative estimate of drug-likeness (QED) is 0.162. The van der Waals surface area contributed by atoms with Gasteiger partial charge in [-0.15, -0.1) is 0 Å². The predicted molar refractivity (Wildman–Crippen MR) is 236 cm³/mol. The van der Waals surface area contributed by atoms with Crippen molar-refractivity contribution in [2.75, 3.05) is 0 Å². The van der Waals surface area contributed by atoms with E-state index in [-0.39, 0.29) is 5.56 Å². The Labute approximate surface area is 340 Å². The minimum Gasteiger partial charge on any atom is -0.308 e. The maximum absolute atomic E-state index is 15.6.